The summed E-state index contributed by atoms with van der Waals surface area (Å²) in [6, 6.07) is 12.1. The fourth-order valence-electron chi connectivity index (χ4n) is 4.78. The number of aromatic nitrogens is 4. The van der Waals surface area contributed by atoms with E-state index in [1.807, 2.05) is 69.8 Å². The number of imidazole rings is 1. The standard InChI is InChI=1S/C19H22F3N4.C16H14F2N4.Ir/c1-14(2)23-5-7-25(12-23)17-9-16(19(20,21)22)10-18(11-17)26-8-6-24(13-26)15(3)4;1-9(2)13-7-14(21-20-13)16-19-15(8-22(16)3)11-5-4-10(17)6-12(11)18;/h5-10,12-15H,1-4H3;4,6-9H,1-3H3;/q-3;-2;. The van der Waals surface area contributed by atoms with Gasteiger partial charge in [0.25, 0.3) is 0 Å². The van der Waals surface area contributed by atoms with Gasteiger partial charge in [0.15, 0.2) is 0 Å². The summed E-state index contributed by atoms with van der Waals surface area (Å²) in [6.45, 7) is 15.6. The molecule has 4 heterocycles. The molecule has 2 aromatic heterocycles. The largest absolute Gasteiger partial charge is 0.572 e. The van der Waals surface area contributed by atoms with Gasteiger partial charge in [0.2, 0.25) is 0 Å². The number of rotatable bonds is 7. The first kappa shape index (κ1) is 37.7. The van der Waals surface area contributed by atoms with E-state index < -0.39 is 23.4 Å². The van der Waals surface area contributed by atoms with Gasteiger partial charge >= 0.3 is 6.18 Å². The van der Waals surface area contributed by atoms with Crippen LogP contribution in [0.2, 0.25) is 0 Å². The predicted molar refractivity (Wildman–Crippen MR) is 174 cm³/mol. The first-order valence-corrected chi connectivity index (χ1v) is 15.3. The molecule has 0 saturated heterocycles. The number of alkyl halides is 3. The third-order valence-electron chi connectivity index (χ3n) is 7.60. The molecule has 2 aromatic carbocycles. The van der Waals surface area contributed by atoms with Crippen LogP contribution in [0.4, 0.5) is 33.3 Å². The van der Waals surface area contributed by atoms with Gasteiger partial charge in [-0.05, 0) is 76.7 Å². The van der Waals surface area contributed by atoms with Crippen LogP contribution < -0.4 is 14.9 Å². The van der Waals surface area contributed by atoms with Gasteiger partial charge < -0.3 is 34.4 Å². The zero-order valence-electron chi connectivity index (χ0n) is 28.0. The Morgan fingerprint density at radius 1 is 0.837 bits per heavy atom. The molecular weight excluding hydrogens is 820 g/mol. The molecule has 2 aliphatic heterocycles. The maximum absolute atomic E-state index is 13.8. The summed E-state index contributed by atoms with van der Waals surface area (Å²) in [5.41, 5.74) is 2.00. The van der Waals surface area contributed by atoms with Gasteiger partial charge in [-0.2, -0.15) is 26.5 Å². The van der Waals surface area contributed by atoms with Gasteiger partial charge in [-0.25, -0.2) is 0 Å². The van der Waals surface area contributed by atoms with E-state index in [4.69, 9.17) is 0 Å². The zero-order chi connectivity index (χ0) is 34.9. The molecular formula is C35H36F5IrN8-5. The van der Waals surface area contributed by atoms with Gasteiger partial charge in [0, 0.05) is 50.2 Å². The number of hydrogen-bond donors (Lipinski definition) is 0. The quantitative estimate of drug-likeness (QED) is 0.138. The third kappa shape index (κ3) is 8.71. The van der Waals surface area contributed by atoms with Crippen molar-refractivity contribution >= 4 is 11.4 Å². The number of halogens is 5. The number of aryl methyl sites for hydroxylation is 1. The third-order valence-corrected chi connectivity index (χ3v) is 7.60. The van der Waals surface area contributed by atoms with E-state index in [1.54, 1.807) is 53.3 Å². The van der Waals surface area contributed by atoms with Crippen LogP contribution >= 0.6 is 0 Å². The Morgan fingerprint density at radius 2 is 1.41 bits per heavy atom. The molecule has 6 rings (SSSR count). The molecule has 1 radical (unpaired) electrons. The van der Waals surface area contributed by atoms with Crippen molar-refractivity contribution in [3.8, 4) is 22.8 Å². The Hall–Kier alpha value is -4.16. The molecule has 14 heteroatoms. The van der Waals surface area contributed by atoms with Crippen molar-refractivity contribution in [1.29, 1.82) is 0 Å². The Labute approximate surface area is 297 Å². The summed E-state index contributed by atoms with van der Waals surface area (Å²) >= 11 is 0. The van der Waals surface area contributed by atoms with Crippen molar-refractivity contribution in [3.05, 3.63) is 110 Å². The molecule has 0 unspecified atom stereocenters. The zero-order valence-corrected chi connectivity index (χ0v) is 30.4. The fraction of sp³-hybridized carbons (Fsp3) is 0.314. The first-order valence-electron chi connectivity index (χ1n) is 15.3. The average molecular weight is 856 g/mol. The van der Waals surface area contributed by atoms with Crippen molar-refractivity contribution in [3.63, 3.8) is 0 Å². The minimum atomic E-state index is -4.43. The first-order chi connectivity index (χ1) is 22.6. The van der Waals surface area contributed by atoms with Gasteiger partial charge in [-0.1, -0.05) is 42.8 Å². The maximum Gasteiger partial charge on any atom is 0.394 e. The van der Waals surface area contributed by atoms with Crippen LogP contribution in [0.5, 0.6) is 0 Å². The maximum atomic E-state index is 13.8. The van der Waals surface area contributed by atoms with Crippen LogP contribution in [0.25, 0.3) is 22.8 Å². The van der Waals surface area contributed by atoms with E-state index in [-0.39, 0.29) is 43.7 Å². The van der Waals surface area contributed by atoms with Gasteiger partial charge in [0.1, 0.15) is 5.82 Å². The second kappa shape index (κ2) is 15.2. The van der Waals surface area contributed by atoms with Gasteiger partial charge in [0.05, 0.1) is 0 Å². The summed E-state index contributed by atoms with van der Waals surface area (Å²) in [4.78, 5) is 11.5. The van der Waals surface area contributed by atoms with Crippen molar-refractivity contribution in [1.82, 2.24) is 29.5 Å². The Balaban J connectivity index is 0.000000219. The number of benzene rings is 2. The van der Waals surface area contributed by atoms with E-state index in [0.717, 1.165) is 30.0 Å². The van der Waals surface area contributed by atoms with Crippen LogP contribution in [0.15, 0.2) is 61.3 Å². The van der Waals surface area contributed by atoms with Crippen molar-refractivity contribution in [2.24, 2.45) is 7.05 Å². The molecule has 0 bridgehead atoms. The molecule has 8 nitrogen and oxygen atoms in total. The summed E-state index contributed by atoms with van der Waals surface area (Å²) in [5.74, 6) is -0.516. The van der Waals surface area contributed by atoms with Crippen LogP contribution in [0, 0.1) is 37.1 Å². The summed E-state index contributed by atoms with van der Waals surface area (Å²) in [7, 11) is 1.79. The Kier molecular flexibility index (Phi) is 11.7. The molecule has 49 heavy (non-hydrogen) atoms. The van der Waals surface area contributed by atoms with E-state index in [0.29, 0.717) is 28.6 Å². The topological polar surface area (TPSA) is 57.8 Å². The number of hydrogen-bond acceptors (Lipinski definition) is 6. The van der Waals surface area contributed by atoms with Crippen molar-refractivity contribution in [2.75, 3.05) is 9.80 Å². The molecule has 0 fully saturated rings. The summed E-state index contributed by atoms with van der Waals surface area (Å²) < 4.78 is 68.8. The normalized spacial score (nSPS) is 14.4. The second-order valence-corrected chi connectivity index (χ2v) is 12.3. The van der Waals surface area contributed by atoms with Crippen LogP contribution in [-0.4, -0.2) is 36.5 Å². The molecule has 4 aromatic rings. The molecule has 0 N–H and O–H groups in total. The number of anilines is 2. The minimum Gasteiger partial charge on any atom is -0.572 e. The molecule has 0 atom stereocenters. The molecule has 0 saturated carbocycles. The predicted octanol–water partition coefficient (Wildman–Crippen LogP) is 8.05. The van der Waals surface area contributed by atoms with Gasteiger partial charge in [-0.3, -0.25) is 13.8 Å². The molecule has 0 amide bonds. The molecule has 0 spiro atoms. The molecule has 265 valence electrons. The van der Waals surface area contributed by atoms with Gasteiger partial charge in [-0.15, -0.1) is 41.7 Å². The average Bonchev–Trinajstić information content (AvgIpc) is 3.83. The van der Waals surface area contributed by atoms with Crippen LogP contribution in [0.3, 0.4) is 0 Å². The Bertz CT molecular complexity index is 1740. The Morgan fingerprint density at radius 3 is 1.86 bits per heavy atom. The van der Waals surface area contributed by atoms with Crippen molar-refractivity contribution in [2.45, 2.75) is 65.7 Å². The molecule has 2 aliphatic rings. The van der Waals surface area contributed by atoms with Crippen LogP contribution in [-0.2, 0) is 33.3 Å². The van der Waals surface area contributed by atoms with Crippen LogP contribution in [0.1, 0.15) is 58.7 Å². The van der Waals surface area contributed by atoms with Crippen molar-refractivity contribution < 1.29 is 42.1 Å². The monoisotopic (exact) mass is 856 g/mol. The van der Waals surface area contributed by atoms with E-state index in [2.05, 4.69) is 27.3 Å². The summed E-state index contributed by atoms with van der Waals surface area (Å²) in [6.07, 6.45) is 4.37. The smallest absolute Gasteiger partial charge is 0.394 e. The number of nitrogens with zero attached hydrogens (tertiary/aromatic N) is 8. The minimum absolute atomic E-state index is 0. The van der Waals surface area contributed by atoms with E-state index >= 15 is 0 Å². The second-order valence-electron chi connectivity index (χ2n) is 12.3. The fourth-order valence-corrected chi connectivity index (χ4v) is 4.78. The SMILES string of the molecule is CC(C)N1C=CN(c2[c-]c(N3C=CN(C(C)C)[CH-]3)cc(C(F)(F)F)c2)[CH-]1.CC(C)c1cc(-c2nc(-c3[c-]cc(F)cc3F)cn2C)[n-]n1.[Ir]. The molecule has 0 aliphatic carbocycles. The summed E-state index contributed by atoms with van der Waals surface area (Å²) in [5, 5.41) is 8.22. The van der Waals surface area contributed by atoms with E-state index in [1.165, 1.54) is 0 Å². The van der Waals surface area contributed by atoms with E-state index in [9.17, 15) is 22.0 Å².